The smallest absolute Gasteiger partial charge is 0.252 e. The van der Waals surface area contributed by atoms with Crippen molar-refractivity contribution in [3.8, 4) is 0 Å². The average molecular weight is 371 g/mol. The van der Waals surface area contributed by atoms with Gasteiger partial charge in [0.15, 0.2) is 5.65 Å². The fourth-order valence-electron chi connectivity index (χ4n) is 2.82. The minimum absolute atomic E-state index is 0.136. The molecule has 0 fully saturated rings. The fraction of sp³-hybridized carbons (Fsp3) is 0.350. The Morgan fingerprint density at radius 3 is 2.65 bits per heavy atom. The molecule has 0 radical (unpaired) electrons. The van der Waals surface area contributed by atoms with Gasteiger partial charge in [0.05, 0.1) is 17.1 Å². The number of halogens is 1. The zero-order valence-corrected chi connectivity index (χ0v) is 16.2. The number of pyridine rings is 1. The highest BCUT2D eigenvalue weighted by Gasteiger charge is 2.18. The molecule has 2 heterocycles. The van der Waals surface area contributed by atoms with Gasteiger partial charge in [0.1, 0.15) is 0 Å². The van der Waals surface area contributed by atoms with Crippen molar-refractivity contribution in [2.24, 2.45) is 0 Å². The Kier molecular flexibility index (Phi) is 5.28. The summed E-state index contributed by atoms with van der Waals surface area (Å²) in [6.45, 7) is 8.65. The average Bonchev–Trinajstić information content (AvgIpc) is 3.03. The topological polar surface area (TPSA) is 59.8 Å². The second-order valence-electron chi connectivity index (χ2n) is 6.98. The summed E-state index contributed by atoms with van der Waals surface area (Å²) in [7, 11) is 0. The van der Waals surface area contributed by atoms with Gasteiger partial charge < -0.3 is 5.32 Å². The number of amides is 1. The molecular weight excluding hydrogens is 348 g/mol. The molecule has 5 nitrogen and oxygen atoms in total. The van der Waals surface area contributed by atoms with Crippen molar-refractivity contribution in [1.29, 1.82) is 0 Å². The van der Waals surface area contributed by atoms with E-state index in [2.05, 4.69) is 38.1 Å². The van der Waals surface area contributed by atoms with E-state index in [0.717, 1.165) is 22.3 Å². The number of carbonyl (C=O) groups is 1. The summed E-state index contributed by atoms with van der Waals surface area (Å²) in [5.74, 6) is 0.0805. The minimum Gasteiger partial charge on any atom is -0.348 e. The number of nitrogens with zero attached hydrogens (tertiary/aromatic N) is 3. The van der Waals surface area contributed by atoms with Gasteiger partial charge in [-0.15, -0.1) is 0 Å². The first kappa shape index (κ1) is 18.4. The van der Waals surface area contributed by atoms with E-state index in [4.69, 9.17) is 16.6 Å². The summed E-state index contributed by atoms with van der Waals surface area (Å²) in [6.07, 6.45) is 1.72. The van der Waals surface area contributed by atoms with Crippen molar-refractivity contribution < 1.29 is 4.79 Å². The maximum absolute atomic E-state index is 12.9. The third-order valence-electron chi connectivity index (χ3n) is 4.25. The summed E-state index contributed by atoms with van der Waals surface area (Å²) >= 11 is 6.01. The predicted octanol–water partition coefficient (Wildman–Crippen LogP) is 4.72. The number of nitrogens with one attached hydrogen (secondary N) is 1. The summed E-state index contributed by atoms with van der Waals surface area (Å²) in [5, 5.41) is 8.83. The summed E-state index contributed by atoms with van der Waals surface area (Å²) in [4.78, 5) is 17.6. The van der Waals surface area contributed by atoms with Crippen molar-refractivity contribution in [3.63, 3.8) is 0 Å². The van der Waals surface area contributed by atoms with Crippen LogP contribution in [0.25, 0.3) is 11.0 Å². The molecule has 0 saturated carbocycles. The SMILES string of the molecule is CC(C)c1cc(C(=O)NCc2cccc(Cl)c2)c2cnn(C(C)C)c2n1. The Morgan fingerprint density at radius 2 is 2.00 bits per heavy atom. The highest BCUT2D eigenvalue weighted by molar-refractivity contribution is 6.30. The second kappa shape index (κ2) is 7.46. The molecule has 1 N–H and O–H groups in total. The first-order chi connectivity index (χ1) is 12.4. The number of hydrogen-bond donors (Lipinski definition) is 1. The standard InChI is InChI=1S/C20H23ClN4O/c1-12(2)18-9-16(17-11-23-25(13(3)4)19(17)24-18)20(26)22-10-14-6-5-7-15(21)8-14/h5-9,11-13H,10H2,1-4H3,(H,22,26). The van der Waals surface area contributed by atoms with Crippen LogP contribution in [0, 0.1) is 0 Å². The Labute approximate surface area is 158 Å². The van der Waals surface area contributed by atoms with Gasteiger partial charge in [-0.25, -0.2) is 9.67 Å². The van der Waals surface area contributed by atoms with Crippen LogP contribution < -0.4 is 5.32 Å². The number of carbonyl (C=O) groups excluding carboxylic acids is 1. The van der Waals surface area contributed by atoms with E-state index >= 15 is 0 Å². The number of rotatable bonds is 5. The molecule has 6 heteroatoms. The third-order valence-corrected chi connectivity index (χ3v) is 4.49. The van der Waals surface area contributed by atoms with Crippen LogP contribution in [0.2, 0.25) is 5.02 Å². The van der Waals surface area contributed by atoms with Gasteiger partial charge in [-0.05, 0) is 43.5 Å². The van der Waals surface area contributed by atoms with Crippen molar-refractivity contribution in [3.05, 3.63) is 58.4 Å². The molecule has 1 aromatic carbocycles. The third kappa shape index (κ3) is 3.73. The predicted molar refractivity (Wildman–Crippen MR) is 105 cm³/mol. The van der Waals surface area contributed by atoms with Gasteiger partial charge in [-0.3, -0.25) is 4.79 Å². The summed E-state index contributed by atoms with van der Waals surface area (Å²) in [5.41, 5.74) is 3.19. The fourth-order valence-corrected chi connectivity index (χ4v) is 3.04. The van der Waals surface area contributed by atoms with Crippen molar-refractivity contribution >= 4 is 28.5 Å². The number of benzene rings is 1. The Morgan fingerprint density at radius 1 is 1.23 bits per heavy atom. The molecule has 0 unspecified atom stereocenters. The minimum atomic E-state index is -0.136. The van der Waals surface area contributed by atoms with Gasteiger partial charge in [0.2, 0.25) is 0 Å². The summed E-state index contributed by atoms with van der Waals surface area (Å²) < 4.78 is 1.86. The van der Waals surface area contributed by atoms with Gasteiger partial charge in [0, 0.05) is 23.3 Å². The molecule has 3 rings (SSSR count). The normalized spacial score (nSPS) is 11.5. The number of aromatic nitrogens is 3. The molecule has 26 heavy (non-hydrogen) atoms. The van der Waals surface area contributed by atoms with Crippen LogP contribution in [-0.4, -0.2) is 20.7 Å². The molecule has 0 bridgehead atoms. The molecule has 0 spiro atoms. The molecule has 3 aromatic rings. The van der Waals surface area contributed by atoms with E-state index in [1.807, 2.05) is 35.0 Å². The van der Waals surface area contributed by atoms with Crippen LogP contribution in [0.4, 0.5) is 0 Å². The highest BCUT2D eigenvalue weighted by atomic mass is 35.5. The Bertz CT molecular complexity index is 946. The maximum atomic E-state index is 12.9. The van der Waals surface area contributed by atoms with Crippen LogP contribution in [-0.2, 0) is 6.54 Å². The molecule has 0 aliphatic carbocycles. The van der Waals surface area contributed by atoms with Gasteiger partial charge in [-0.1, -0.05) is 37.6 Å². The van der Waals surface area contributed by atoms with Gasteiger partial charge >= 0.3 is 0 Å². The van der Waals surface area contributed by atoms with Crippen molar-refractivity contribution in [1.82, 2.24) is 20.1 Å². The lowest BCUT2D eigenvalue weighted by atomic mass is 10.0. The van der Waals surface area contributed by atoms with Gasteiger partial charge in [-0.2, -0.15) is 5.10 Å². The molecule has 136 valence electrons. The lowest BCUT2D eigenvalue weighted by Gasteiger charge is -2.12. The highest BCUT2D eigenvalue weighted by Crippen LogP contribution is 2.24. The zero-order valence-electron chi connectivity index (χ0n) is 15.5. The Hall–Kier alpha value is -2.40. The van der Waals surface area contributed by atoms with E-state index < -0.39 is 0 Å². The second-order valence-corrected chi connectivity index (χ2v) is 7.42. The van der Waals surface area contributed by atoms with Crippen LogP contribution in [0.1, 0.15) is 61.3 Å². The molecule has 0 aliphatic rings. The number of hydrogen-bond acceptors (Lipinski definition) is 3. The van der Waals surface area contributed by atoms with Gasteiger partial charge in [0.25, 0.3) is 5.91 Å². The molecule has 2 aromatic heterocycles. The number of fused-ring (bicyclic) bond motifs is 1. The van der Waals surface area contributed by atoms with Crippen LogP contribution in [0.5, 0.6) is 0 Å². The quantitative estimate of drug-likeness (QED) is 0.706. The molecule has 0 saturated heterocycles. The molecule has 0 atom stereocenters. The van der Waals surface area contributed by atoms with E-state index in [-0.39, 0.29) is 17.9 Å². The maximum Gasteiger partial charge on any atom is 0.252 e. The van der Waals surface area contributed by atoms with E-state index in [1.54, 1.807) is 6.20 Å². The molecule has 0 aliphatic heterocycles. The summed E-state index contributed by atoms with van der Waals surface area (Å²) in [6, 6.07) is 9.51. The van der Waals surface area contributed by atoms with Crippen LogP contribution in [0.15, 0.2) is 36.5 Å². The van der Waals surface area contributed by atoms with Crippen molar-refractivity contribution in [2.45, 2.75) is 46.2 Å². The Balaban J connectivity index is 1.96. The van der Waals surface area contributed by atoms with Crippen LogP contribution >= 0.6 is 11.6 Å². The largest absolute Gasteiger partial charge is 0.348 e. The molecular formula is C20H23ClN4O. The van der Waals surface area contributed by atoms with Crippen LogP contribution in [0.3, 0.4) is 0 Å². The van der Waals surface area contributed by atoms with E-state index in [0.29, 0.717) is 17.1 Å². The zero-order chi connectivity index (χ0) is 18.8. The van der Waals surface area contributed by atoms with E-state index in [9.17, 15) is 4.79 Å². The first-order valence-electron chi connectivity index (χ1n) is 8.77. The van der Waals surface area contributed by atoms with E-state index in [1.165, 1.54) is 0 Å². The lowest BCUT2D eigenvalue weighted by molar-refractivity contribution is 0.0952. The first-order valence-corrected chi connectivity index (χ1v) is 9.15. The molecule has 1 amide bonds. The monoisotopic (exact) mass is 370 g/mol. The van der Waals surface area contributed by atoms with Crippen molar-refractivity contribution in [2.75, 3.05) is 0 Å². The lowest BCUT2D eigenvalue weighted by Crippen LogP contribution is -2.23.